The molecule has 0 aliphatic carbocycles. The summed E-state index contributed by atoms with van der Waals surface area (Å²) in [6.45, 7) is 7.47. The molecule has 1 aromatic heterocycles. The molecule has 0 radical (unpaired) electrons. The van der Waals surface area contributed by atoms with Gasteiger partial charge in [-0.05, 0) is 26.7 Å². The van der Waals surface area contributed by atoms with Gasteiger partial charge >= 0.3 is 0 Å². The maximum absolute atomic E-state index is 12.0. The van der Waals surface area contributed by atoms with Crippen molar-refractivity contribution in [3.63, 3.8) is 0 Å². The number of carbonyl (C=O) groups is 1. The first-order chi connectivity index (χ1) is 8.46. The fraction of sp³-hybridized carbons (Fsp3) is 0.615. The minimum Gasteiger partial charge on any atom is -0.346 e. The smallest absolute Gasteiger partial charge is 0.240 e. The molecular weight excluding hydrogens is 246 g/mol. The van der Waals surface area contributed by atoms with Crippen molar-refractivity contribution in [2.45, 2.75) is 46.6 Å². The first-order valence-corrected chi connectivity index (χ1v) is 6.95. The van der Waals surface area contributed by atoms with Gasteiger partial charge in [-0.3, -0.25) is 4.79 Å². The van der Waals surface area contributed by atoms with Crippen LogP contribution in [0.1, 0.15) is 50.0 Å². The number of carbonyl (C=O) groups excluding carboxylic acids is 1. The van der Waals surface area contributed by atoms with Gasteiger partial charge in [0.15, 0.2) is 0 Å². The molecule has 1 rings (SSSR count). The third-order valence-electron chi connectivity index (χ3n) is 3.09. The Morgan fingerprint density at radius 1 is 1.67 bits per heavy atom. The van der Waals surface area contributed by atoms with Crippen LogP contribution in [0.4, 0.5) is 0 Å². The quantitative estimate of drug-likeness (QED) is 0.890. The van der Waals surface area contributed by atoms with Gasteiger partial charge in [0.1, 0.15) is 10.4 Å². The molecule has 1 N–H and O–H groups in total. The molecule has 0 saturated heterocycles. The zero-order chi connectivity index (χ0) is 13.8. The monoisotopic (exact) mass is 265 g/mol. The molecule has 0 bridgehead atoms. The van der Waals surface area contributed by atoms with Gasteiger partial charge < -0.3 is 5.32 Å². The molecule has 0 aliphatic heterocycles. The fourth-order valence-corrected chi connectivity index (χ4v) is 2.25. The van der Waals surface area contributed by atoms with E-state index >= 15 is 0 Å². The second-order valence-electron chi connectivity index (χ2n) is 4.51. The summed E-state index contributed by atoms with van der Waals surface area (Å²) in [5, 5.41) is 12.8. The van der Waals surface area contributed by atoms with E-state index in [0.29, 0.717) is 6.42 Å². The number of nitriles is 1. The zero-order valence-electron chi connectivity index (χ0n) is 11.3. The highest BCUT2D eigenvalue weighted by Gasteiger charge is 2.32. The van der Waals surface area contributed by atoms with Crippen molar-refractivity contribution in [1.82, 2.24) is 10.3 Å². The van der Waals surface area contributed by atoms with Crippen LogP contribution in [-0.2, 0) is 11.2 Å². The molecule has 1 heterocycles. The molecule has 0 saturated carbocycles. The molecular formula is C13H19N3OS. The Labute approximate surface area is 112 Å². The number of hydrogen-bond acceptors (Lipinski definition) is 4. The van der Waals surface area contributed by atoms with Crippen LogP contribution in [-0.4, -0.2) is 10.9 Å². The van der Waals surface area contributed by atoms with Gasteiger partial charge in [-0.1, -0.05) is 13.8 Å². The first-order valence-electron chi connectivity index (χ1n) is 6.13. The summed E-state index contributed by atoms with van der Waals surface area (Å²) in [5.74, 6) is -0.228. The van der Waals surface area contributed by atoms with E-state index in [2.05, 4.69) is 23.3 Å². The van der Waals surface area contributed by atoms with Crippen molar-refractivity contribution in [3.05, 3.63) is 16.1 Å². The predicted octanol–water partition coefficient (Wildman–Crippen LogP) is 2.82. The molecule has 98 valence electrons. The van der Waals surface area contributed by atoms with Gasteiger partial charge in [0.2, 0.25) is 5.91 Å². The van der Waals surface area contributed by atoms with Crippen molar-refractivity contribution < 1.29 is 4.79 Å². The van der Waals surface area contributed by atoms with E-state index in [4.69, 9.17) is 5.26 Å². The highest BCUT2D eigenvalue weighted by atomic mass is 32.1. The summed E-state index contributed by atoms with van der Waals surface area (Å²) >= 11 is 1.60. The van der Waals surface area contributed by atoms with Crippen LogP contribution < -0.4 is 5.32 Å². The van der Waals surface area contributed by atoms with Gasteiger partial charge in [-0.25, -0.2) is 4.98 Å². The minimum atomic E-state index is -0.959. The van der Waals surface area contributed by atoms with Crippen molar-refractivity contribution in [1.29, 1.82) is 5.26 Å². The Kier molecular flexibility index (Phi) is 4.85. The largest absolute Gasteiger partial charge is 0.346 e. The average Bonchev–Trinajstić information content (AvgIpc) is 2.86. The molecule has 1 amide bonds. The minimum absolute atomic E-state index is 0.151. The number of nitrogens with zero attached hydrogens (tertiary/aromatic N) is 2. The lowest BCUT2D eigenvalue weighted by Gasteiger charge is -2.21. The van der Waals surface area contributed by atoms with E-state index in [1.807, 2.05) is 20.0 Å². The van der Waals surface area contributed by atoms with Gasteiger partial charge in [0, 0.05) is 11.1 Å². The SMILES string of the molecule is CCc1cnc(C(C)NC(=O)C(C)(C#N)CC)s1. The molecule has 0 spiro atoms. The number of rotatable bonds is 5. The van der Waals surface area contributed by atoms with Gasteiger partial charge in [0.25, 0.3) is 0 Å². The molecule has 4 nitrogen and oxygen atoms in total. The van der Waals surface area contributed by atoms with Crippen LogP contribution in [0.5, 0.6) is 0 Å². The topological polar surface area (TPSA) is 65.8 Å². The number of amides is 1. The molecule has 18 heavy (non-hydrogen) atoms. The van der Waals surface area contributed by atoms with Crippen molar-refractivity contribution >= 4 is 17.2 Å². The Bertz CT molecular complexity index is 463. The second-order valence-corrected chi connectivity index (χ2v) is 5.66. The van der Waals surface area contributed by atoms with E-state index in [-0.39, 0.29) is 11.9 Å². The predicted molar refractivity (Wildman–Crippen MR) is 72.1 cm³/mol. The molecule has 5 heteroatoms. The lowest BCUT2D eigenvalue weighted by Crippen LogP contribution is -2.38. The van der Waals surface area contributed by atoms with E-state index in [9.17, 15) is 4.79 Å². The highest BCUT2D eigenvalue weighted by Crippen LogP contribution is 2.24. The maximum Gasteiger partial charge on any atom is 0.240 e. The van der Waals surface area contributed by atoms with Crippen LogP contribution in [0.15, 0.2) is 6.20 Å². The summed E-state index contributed by atoms with van der Waals surface area (Å²) < 4.78 is 0. The van der Waals surface area contributed by atoms with E-state index in [0.717, 1.165) is 11.4 Å². The van der Waals surface area contributed by atoms with Crippen molar-refractivity contribution in [2.24, 2.45) is 5.41 Å². The number of aryl methyl sites for hydroxylation is 1. The fourth-order valence-electron chi connectivity index (χ4n) is 1.39. The summed E-state index contributed by atoms with van der Waals surface area (Å²) in [6, 6.07) is 1.92. The summed E-state index contributed by atoms with van der Waals surface area (Å²) in [5.41, 5.74) is -0.959. The van der Waals surface area contributed by atoms with Gasteiger partial charge in [-0.2, -0.15) is 5.26 Å². The van der Waals surface area contributed by atoms with Crippen molar-refractivity contribution in [3.8, 4) is 6.07 Å². The highest BCUT2D eigenvalue weighted by molar-refractivity contribution is 7.11. The van der Waals surface area contributed by atoms with Gasteiger partial charge in [0.05, 0.1) is 12.1 Å². The third kappa shape index (κ3) is 3.08. The number of hydrogen-bond donors (Lipinski definition) is 1. The Morgan fingerprint density at radius 3 is 2.78 bits per heavy atom. The summed E-state index contributed by atoms with van der Waals surface area (Å²) in [4.78, 5) is 17.5. The Balaban J connectivity index is 2.73. The Hall–Kier alpha value is -1.41. The molecule has 2 unspecified atom stereocenters. The standard InChI is InChI=1S/C13H19N3OS/c1-5-10-7-15-11(18-10)9(3)16-12(17)13(4,6-2)8-14/h7,9H,5-6H2,1-4H3,(H,16,17). The van der Waals surface area contributed by atoms with Crippen LogP contribution in [0.2, 0.25) is 0 Å². The lowest BCUT2D eigenvalue weighted by molar-refractivity contribution is -0.128. The summed E-state index contributed by atoms with van der Waals surface area (Å²) in [7, 11) is 0. The summed E-state index contributed by atoms with van der Waals surface area (Å²) in [6.07, 6.45) is 3.29. The van der Waals surface area contributed by atoms with E-state index in [1.165, 1.54) is 4.88 Å². The number of aromatic nitrogens is 1. The average molecular weight is 265 g/mol. The number of thiazole rings is 1. The molecule has 0 fully saturated rings. The molecule has 0 aromatic carbocycles. The Morgan fingerprint density at radius 2 is 2.33 bits per heavy atom. The second kappa shape index (κ2) is 5.96. The van der Waals surface area contributed by atoms with Crippen LogP contribution >= 0.6 is 11.3 Å². The van der Waals surface area contributed by atoms with E-state index in [1.54, 1.807) is 18.3 Å². The lowest BCUT2D eigenvalue weighted by atomic mass is 9.88. The zero-order valence-corrected chi connectivity index (χ0v) is 12.1. The third-order valence-corrected chi connectivity index (χ3v) is 4.42. The van der Waals surface area contributed by atoms with Crippen LogP contribution in [0.25, 0.3) is 0 Å². The van der Waals surface area contributed by atoms with Crippen LogP contribution in [0.3, 0.4) is 0 Å². The van der Waals surface area contributed by atoms with E-state index < -0.39 is 5.41 Å². The first kappa shape index (κ1) is 14.7. The normalized spacial score (nSPS) is 15.5. The molecule has 1 aromatic rings. The van der Waals surface area contributed by atoms with Crippen LogP contribution in [0, 0.1) is 16.7 Å². The number of nitrogens with one attached hydrogen (secondary N) is 1. The maximum atomic E-state index is 12.0. The van der Waals surface area contributed by atoms with Crippen molar-refractivity contribution in [2.75, 3.05) is 0 Å². The molecule has 2 atom stereocenters. The molecule has 0 aliphatic rings. The van der Waals surface area contributed by atoms with Gasteiger partial charge in [-0.15, -0.1) is 11.3 Å².